The minimum Gasteiger partial charge on any atom is -0.450 e. The number of furan rings is 1. The van der Waals surface area contributed by atoms with E-state index in [0.717, 1.165) is 0 Å². The van der Waals surface area contributed by atoms with Crippen LogP contribution in [0.25, 0.3) is 6.08 Å². The van der Waals surface area contributed by atoms with Gasteiger partial charge < -0.3 is 14.5 Å². The maximum absolute atomic E-state index is 12.0. The number of halogens is 1. The highest BCUT2D eigenvalue weighted by Crippen LogP contribution is 2.15. The van der Waals surface area contributed by atoms with Gasteiger partial charge in [-0.3, -0.25) is 4.79 Å². The van der Waals surface area contributed by atoms with Crippen LogP contribution in [-0.4, -0.2) is 18.0 Å². The third-order valence-electron chi connectivity index (χ3n) is 2.92. The first kappa shape index (κ1) is 17.5. The molecule has 0 spiro atoms. The maximum Gasteiger partial charge on any atom is 0.331 e. The van der Waals surface area contributed by atoms with Crippen molar-refractivity contribution in [3.05, 3.63) is 58.5 Å². The molecule has 0 radical (unpaired) electrons. The first-order chi connectivity index (χ1) is 11.5. The SMILES string of the molecule is C[C@H](OC(=O)/C=C/c1ccc(Br)o1)C(=O)Nc1ccc(C#N)cc1. The van der Waals surface area contributed by atoms with Gasteiger partial charge in [0.05, 0.1) is 11.6 Å². The number of carbonyl (C=O) groups excluding carboxylic acids is 2. The molecule has 1 heterocycles. The van der Waals surface area contributed by atoms with Gasteiger partial charge in [0.2, 0.25) is 0 Å². The van der Waals surface area contributed by atoms with E-state index in [0.29, 0.717) is 21.7 Å². The van der Waals surface area contributed by atoms with Gasteiger partial charge in [-0.25, -0.2) is 4.79 Å². The maximum atomic E-state index is 12.0. The van der Waals surface area contributed by atoms with E-state index in [1.54, 1.807) is 36.4 Å². The van der Waals surface area contributed by atoms with Gasteiger partial charge in [0.15, 0.2) is 10.8 Å². The van der Waals surface area contributed by atoms with Crippen LogP contribution in [0.4, 0.5) is 5.69 Å². The number of nitrogens with one attached hydrogen (secondary N) is 1. The summed E-state index contributed by atoms with van der Waals surface area (Å²) in [5.74, 6) is -0.652. The summed E-state index contributed by atoms with van der Waals surface area (Å²) in [5, 5.41) is 11.3. The van der Waals surface area contributed by atoms with Gasteiger partial charge in [0, 0.05) is 11.8 Å². The Hall–Kier alpha value is -2.85. The summed E-state index contributed by atoms with van der Waals surface area (Å²) in [4.78, 5) is 23.7. The van der Waals surface area contributed by atoms with E-state index in [9.17, 15) is 9.59 Å². The Bertz CT molecular complexity index is 803. The molecule has 122 valence electrons. The summed E-state index contributed by atoms with van der Waals surface area (Å²) in [6.45, 7) is 1.47. The lowest BCUT2D eigenvalue weighted by molar-refractivity contribution is -0.148. The van der Waals surface area contributed by atoms with Crippen LogP contribution in [0.2, 0.25) is 0 Å². The lowest BCUT2D eigenvalue weighted by Crippen LogP contribution is -2.29. The Morgan fingerprint density at radius 3 is 2.58 bits per heavy atom. The number of benzene rings is 1. The second-order valence-corrected chi connectivity index (χ2v) is 5.51. The number of nitriles is 1. The average molecular weight is 389 g/mol. The molecule has 7 heteroatoms. The highest BCUT2D eigenvalue weighted by molar-refractivity contribution is 9.10. The van der Waals surface area contributed by atoms with E-state index in [2.05, 4.69) is 21.2 Å². The van der Waals surface area contributed by atoms with E-state index in [4.69, 9.17) is 14.4 Å². The summed E-state index contributed by atoms with van der Waals surface area (Å²) in [5.41, 5.74) is 1.00. The van der Waals surface area contributed by atoms with Gasteiger partial charge >= 0.3 is 5.97 Å². The molecule has 1 atom stereocenters. The van der Waals surface area contributed by atoms with Gasteiger partial charge in [-0.05, 0) is 65.3 Å². The number of esters is 1. The zero-order valence-corrected chi connectivity index (χ0v) is 14.2. The molecular formula is C17H13BrN2O4. The quantitative estimate of drug-likeness (QED) is 0.624. The largest absolute Gasteiger partial charge is 0.450 e. The van der Waals surface area contributed by atoms with Crippen LogP contribution in [-0.2, 0) is 14.3 Å². The summed E-state index contributed by atoms with van der Waals surface area (Å²) < 4.78 is 10.8. The van der Waals surface area contributed by atoms with Crippen LogP contribution in [0.3, 0.4) is 0 Å². The fraction of sp³-hybridized carbons (Fsp3) is 0.118. The Kier molecular flexibility index (Phi) is 5.93. The summed E-state index contributed by atoms with van der Waals surface area (Å²) in [7, 11) is 0. The van der Waals surface area contributed by atoms with Crippen molar-refractivity contribution in [1.82, 2.24) is 0 Å². The van der Waals surface area contributed by atoms with E-state index in [1.807, 2.05) is 6.07 Å². The van der Waals surface area contributed by atoms with Crippen molar-refractivity contribution in [2.45, 2.75) is 13.0 Å². The molecule has 1 aromatic heterocycles. The first-order valence-corrected chi connectivity index (χ1v) is 7.72. The molecule has 1 N–H and O–H groups in total. The van der Waals surface area contributed by atoms with Crippen molar-refractivity contribution in [3.8, 4) is 6.07 Å². The Labute approximate surface area is 146 Å². The van der Waals surface area contributed by atoms with Crippen LogP contribution in [0.5, 0.6) is 0 Å². The van der Waals surface area contributed by atoms with Crippen molar-refractivity contribution < 1.29 is 18.7 Å². The van der Waals surface area contributed by atoms with Crippen LogP contribution in [0.1, 0.15) is 18.2 Å². The number of nitrogens with zero attached hydrogens (tertiary/aromatic N) is 1. The molecule has 0 aliphatic carbocycles. The van der Waals surface area contributed by atoms with Gasteiger partial charge in [0.25, 0.3) is 5.91 Å². The number of anilines is 1. The predicted molar refractivity (Wildman–Crippen MR) is 90.8 cm³/mol. The van der Waals surface area contributed by atoms with Crippen LogP contribution in [0.15, 0.2) is 51.6 Å². The Morgan fingerprint density at radius 2 is 2.00 bits per heavy atom. The van der Waals surface area contributed by atoms with E-state index < -0.39 is 18.0 Å². The molecule has 24 heavy (non-hydrogen) atoms. The van der Waals surface area contributed by atoms with Crippen LogP contribution in [0, 0.1) is 11.3 Å². The lowest BCUT2D eigenvalue weighted by Gasteiger charge is -2.12. The number of amides is 1. The molecule has 0 saturated heterocycles. The number of rotatable bonds is 5. The van der Waals surface area contributed by atoms with Gasteiger partial charge in [0.1, 0.15) is 5.76 Å². The molecule has 0 aliphatic rings. The third-order valence-corrected chi connectivity index (χ3v) is 3.35. The van der Waals surface area contributed by atoms with Crippen molar-refractivity contribution in [2.75, 3.05) is 5.32 Å². The average Bonchev–Trinajstić information content (AvgIpc) is 2.99. The first-order valence-electron chi connectivity index (χ1n) is 6.93. The Balaban J connectivity index is 1.87. The number of carbonyl (C=O) groups is 2. The summed E-state index contributed by atoms with van der Waals surface area (Å²) in [6, 6.07) is 11.7. The van der Waals surface area contributed by atoms with Gasteiger partial charge in [-0.1, -0.05) is 0 Å². The lowest BCUT2D eigenvalue weighted by atomic mass is 10.2. The number of hydrogen-bond acceptors (Lipinski definition) is 5. The van der Waals surface area contributed by atoms with Crippen molar-refractivity contribution in [3.63, 3.8) is 0 Å². The van der Waals surface area contributed by atoms with Crippen molar-refractivity contribution in [1.29, 1.82) is 5.26 Å². The summed E-state index contributed by atoms with van der Waals surface area (Å²) >= 11 is 3.15. The van der Waals surface area contributed by atoms with Crippen molar-refractivity contribution in [2.24, 2.45) is 0 Å². The minimum atomic E-state index is -0.971. The highest BCUT2D eigenvalue weighted by Gasteiger charge is 2.16. The normalized spacial score (nSPS) is 11.7. The second-order valence-electron chi connectivity index (χ2n) is 4.73. The topological polar surface area (TPSA) is 92.3 Å². The van der Waals surface area contributed by atoms with E-state index in [-0.39, 0.29) is 0 Å². The van der Waals surface area contributed by atoms with Crippen molar-refractivity contribution >= 4 is 39.6 Å². The predicted octanol–water partition coefficient (Wildman–Crippen LogP) is 3.50. The Morgan fingerprint density at radius 1 is 1.29 bits per heavy atom. The molecule has 6 nitrogen and oxygen atoms in total. The van der Waals surface area contributed by atoms with Gasteiger partial charge in [-0.2, -0.15) is 5.26 Å². The second kappa shape index (κ2) is 8.13. The number of hydrogen-bond donors (Lipinski definition) is 1. The molecular weight excluding hydrogens is 376 g/mol. The smallest absolute Gasteiger partial charge is 0.331 e. The standard InChI is InChI=1S/C17H13BrN2O4/c1-11(17(22)20-13-4-2-12(10-19)3-5-13)23-16(21)9-7-14-6-8-15(18)24-14/h2-9,11H,1H3,(H,20,22)/b9-7+/t11-/m0/s1. The highest BCUT2D eigenvalue weighted by atomic mass is 79.9. The minimum absolute atomic E-state index is 0.470. The molecule has 2 aromatic rings. The molecule has 2 rings (SSSR count). The fourth-order valence-corrected chi connectivity index (χ4v) is 2.03. The molecule has 0 fully saturated rings. The van der Waals surface area contributed by atoms with E-state index in [1.165, 1.54) is 19.1 Å². The monoisotopic (exact) mass is 388 g/mol. The zero-order chi connectivity index (χ0) is 17.5. The zero-order valence-electron chi connectivity index (χ0n) is 12.7. The molecule has 1 amide bonds. The molecule has 1 aromatic carbocycles. The number of ether oxygens (including phenoxy) is 1. The van der Waals surface area contributed by atoms with Crippen LogP contribution < -0.4 is 5.32 Å². The van der Waals surface area contributed by atoms with Gasteiger partial charge in [-0.15, -0.1) is 0 Å². The summed E-state index contributed by atoms with van der Waals surface area (Å²) in [6.07, 6.45) is 1.65. The molecule has 0 saturated carbocycles. The fourth-order valence-electron chi connectivity index (χ4n) is 1.71. The third kappa shape index (κ3) is 5.11. The van der Waals surface area contributed by atoms with Crippen LogP contribution >= 0.6 is 15.9 Å². The molecule has 0 aliphatic heterocycles. The van der Waals surface area contributed by atoms with E-state index >= 15 is 0 Å². The molecule has 0 unspecified atom stereocenters. The molecule has 0 bridgehead atoms.